The van der Waals surface area contributed by atoms with Crippen molar-refractivity contribution in [3.8, 4) is 5.75 Å². The van der Waals surface area contributed by atoms with E-state index in [4.69, 9.17) is 0 Å². The Morgan fingerprint density at radius 1 is 1.43 bits per heavy atom. The van der Waals surface area contributed by atoms with Gasteiger partial charge < -0.3 is 5.11 Å². The Hall–Kier alpha value is -0.670. The van der Waals surface area contributed by atoms with Crippen molar-refractivity contribution in [2.45, 2.75) is 18.2 Å². The number of hydrogen-bond donors (Lipinski definition) is 1. The number of hydrogen-bond acceptors (Lipinski definition) is 3. The van der Waals surface area contributed by atoms with Crippen LogP contribution < -0.4 is 0 Å². The highest BCUT2D eigenvalue weighted by atomic mass is 32.2. The van der Waals surface area contributed by atoms with E-state index in [0.29, 0.717) is 5.75 Å². The molecule has 2 aromatic rings. The quantitative estimate of drug-likeness (QED) is 0.781. The number of benzene rings is 1. The van der Waals surface area contributed by atoms with Crippen molar-refractivity contribution in [1.82, 2.24) is 0 Å². The first-order valence-corrected chi connectivity index (χ1v) is 6.58. The van der Waals surface area contributed by atoms with Crippen LogP contribution in [-0.2, 0) is 6.42 Å². The van der Waals surface area contributed by atoms with Gasteiger partial charge in [0.05, 0.1) is 9.60 Å². The topological polar surface area (TPSA) is 20.2 Å². The summed E-state index contributed by atoms with van der Waals surface area (Å²) in [5.74, 6) is 0.444. The molecule has 14 heavy (non-hydrogen) atoms. The number of aromatic hydroxyl groups is 1. The molecule has 0 bridgehead atoms. The van der Waals surface area contributed by atoms with Crippen molar-refractivity contribution >= 4 is 33.2 Å². The average Bonchev–Trinajstić information content (AvgIpc) is 2.62. The molecular formula is C11H12OS2. The molecule has 0 saturated carbocycles. The van der Waals surface area contributed by atoms with Gasteiger partial charge in [-0.15, -0.1) is 23.1 Å². The highest BCUT2D eigenvalue weighted by Crippen LogP contribution is 2.39. The molecule has 3 heteroatoms. The number of rotatable bonds is 2. The minimum atomic E-state index is 0.444. The van der Waals surface area contributed by atoms with E-state index in [1.807, 2.05) is 12.3 Å². The predicted octanol–water partition coefficient (Wildman–Crippen LogP) is 3.89. The smallest absolute Gasteiger partial charge is 0.146 e. The molecule has 1 N–H and O–H groups in total. The van der Waals surface area contributed by atoms with Crippen molar-refractivity contribution in [2.24, 2.45) is 0 Å². The maximum Gasteiger partial charge on any atom is 0.146 e. The van der Waals surface area contributed by atoms with Gasteiger partial charge in [0.25, 0.3) is 0 Å². The Labute approximate surface area is 91.8 Å². The van der Waals surface area contributed by atoms with Crippen LogP contribution in [0.4, 0.5) is 0 Å². The summed E-state index contributed by atoms with van der Waals surface area (Å²) in [6.45, 7) is 2.14. The molecule has 0 spiro atoms. The molecule has 0 unspecified atom stereocenters. The Kier molecular flexibility index (Phi) is 2.70. The molecule has 0 saturated heterocycles. The van der Waals surface area contributed by atoms with Crippen molar-refractivity contribution in [3.05, 3.63) is 23.1 Å². The zero-order valence-corrected chi connectivity index (χ0v) is 9.84. The first-order valence-electron chi connectivity index (χ1n) is 4.54. The van der Waals surface area contributed by atoms with Gasteiger partial charge in [0.1, 0.15) is 5.75 Å². The fourth-order valence-corrected chi connectivity index (χ4v) is 3.07. The van der Waals surface area contributed by atoms with Crippen molar-refractivity contribution in [1.29, 1.82) is 0 Å². The van der Waals surface area contributed by atoms with Crippen molar-refractivity contribution < 1.29 is 5.11 Å². The van der Waals surface area contributed by atoms with Crippen LogP contribution in [0, 0.1) is 0 Å². The molecule has 2 rings (SSSR count). The zero-order chi connectivity index (χ0) is 10.1. The third-order valence-electron chi connectivity index (χ3n) is 2.24. The number of fused-ring (bicyclic) bond motifs is 1. The normalized spacial score (nSPS) is 11.0. The second kappa shape index (κ2) is 3.83. The van der Waals surface area contributed by atoms with E-state index in [2.05, 4.69) is 19.1 Å². The highest BCUT2D eigenvalue weighted by Gasteiger charge is 2.08. The Morgan fingerprint density at radius 2 is 2.21 bits per heavy atom. The minimum absolute atomic E-state index is 0.444. The minimum Gasteiger partial charge on any atom is -0.505 e. The van der Waals surface area contributed by atoms with Crippen LogP contribution >= 0.6 is 23.1 Å². The first kappa shape index (κ1) is 9.87. The molecule has 1 aromatic heterocycles. The predicted molar refractivity (Wildman–Crippen MR) is 64.6 cm³/mol. The summed E-state index contributed by atoms with van der Waals surface area (Å²) in [7, 11) is 0. The van der Waals surface area contributed by atoms with Gasteiger partial charge in [-0.1, -0.05) is 13.0 Å². The second-order valence-electron chi connectivity index (χ2n) is 3.10. The van der Waals surface area contributed by atoms with Crippen LogP contribution in [0.2, 0.25) is 0 Å². The Morgan fingerprint density at radius 3 is 2.86 bits per heavy atom. The third-order valence-corrected chi connectivity index (χ3v) is 4.31. The first-order chi connectivity index (χ1) is 6.76. The van der Waals surface area contributed by atoms with E-state index in [1.54, 1.807) is 23.1 Å². The van der Waals surface area contributed by atoms with Gasteiger partial charge in [-0.2, -0.15) is 0 Å². The molecule has 0 aliphatic rings. The lowest BCUT2D eigenvalue weighted by atomic mass is 10.2. The average molecular weight is 224 g/mol. The number of thiophene rings is 1. The summed E-state index contributed by atoms with van der Waals surface area (Å²) in [6, 6.07) is 6.22. The molecule has 1 aromatic carbocycles. The molecule has 0 atom stereocenters. The standard InChI is InChI=1S/C11H12OS2/c1-3-8-6-7-4-5-9(13-2)10(12)11(7)14-8/h4-6,12H,3H2,1-2H3. The summed E-state index contributed by atoms with van der Waals surface area (Å²) in [6.07, 6.45) is 3.02. The van der Waals surface area contributed by atoms with Crippen LogP contribution in [0.25, 0.3) is 10.1 Å². The van der Waals surface area contributed by atoms with Gasteiger partial charge in [-0.25, -0.2) is 0 Å². The van der Waals surface area contributed by atoms with Gasteiger partial charge in [0.15, 0.2) is 0 Å². The summed E-state index contributed by atoms with van der Waals surface area (Å²) in [5.41, 5.74) is 0. The number of phenols is 1. The fourth-order valence-electron chi connectivity index (χ4n) is 1.46. The summed E-state index contributed by atoms with van der Waals surface area (Å²) in [4.78, 5) is 2.29. The van der Waals surface area contributed by atoms with Crippen LogP contribution in [0.1, 0.15) is 11.8 Å². The third kappa shape index (κ3) is 1.51. The van der Waals surface area contributed by atoms with E-state index in [0.717, 1.165) is 21.4 Å². The van der Waals surface area contributed by atoms with Gasteiger partial charge >= 0.3 is 0 Å². The van der Waals surface area contributed by atoms with Gasteiger partial charge in [-0.3, -0.25) is 0 Å². The molecule has 0 aliphatic heterocycles. The fraction of sp³-hybridized carbons (Fsp3) is 0.273. The molecule has 0 fully saturated rings. The summed E-state index contributed by atoms with van der Waals surface area (Å²) < 4.78 is 1.02. The summed E-state index contributed by atoms with van der Waals surface area (Å²) in [5, 5.41) is 11.1. The van der Waals surface area contributed by atoms with Crippen LogP contribution in [0.3, 0.4) is 0 Å². The lowest BCUT2D eigenvalue weighted by molar-refractivity contribution is 0.470. The van der Waals surface area contributed by atoms with Crippen molar-refractivity contribution in [2.75, 3.05) is 6.26 Å². The molecule has 1 heterocycles. The van der Waals surface area contributed by atoms with Gasteiger partial charge in [-0.05, 0) is 30.2 Å². The zero-order valence-electron chi connectivity index (χ0n) is 8.20. The lowest BCUT2D eigenvalue weighted by Gasteiger charge is -2.00. The van der Waals surface area contributed by atoms with E-state index in [-0.39, 0.29) is 0 Å². The molecule has 1 nitrogen and oxygen atoms in total. The lowest BCUT2D eigenvalue weighted by Crippen LogP contribution is -1.71. The monoisotopic (exact) mass is 224 g/mol. The maximum atomic E-state index is 9.95. The largest absolute Gasteiger partial charge is 0.505 e. The second-order valence-corrected chi connectivity index (χ2v) is 5.09. The maximum absolute atomic E-state index is 9.95. The number of phenolic OH excluding ortho intramolecular Hbond substituents is 1. The van der Waals surface area contributed by atoms with E-state index in [9.17, 15) is 5.11 Å². The molecular weight excluding hydrogens is 212 g/mol. The summed E-state index contributed by atoms with van der Waals surface area (Å²) >= 11 is 3.27. The Bertz CT molecular complexity index is 460. The highest BCUT2D eigenvalue weighted by molar-refractivity contribution is 7.98. The molecule has 74 valence electrons. The van der Waals surface area contributed by atoms with Crippen molar-refractivity contribution in [3.63, 3.8) is 0 Å². The number of aryl methyl sites for hydroxylation is 1. The van der Waals surface area contributed by atoms with E-state index in [1.165, 1.54) is 4.88 Å². The van der Waals surface area contributed by atoms with Gasteiger partial charge in [0, 0.05) is 4.88 Å². The SMILES string of the molecule is CCc1cc2ccc(SC)c(O)c2s1. The number of thioether (sulfide) groups is 1. The molecule has 0 amide bonds. The van der Waals surface area contributed by atoms with E-state index < -0.39 is 0 Å². The van der Waals surface area contributed by atoms with E-state index >= 15 is 0 Å². The van der Waals surface area contributed by atoms with Crippen LogP contribution in [-0.4, -0.2) is 11.4 Å². The molecule has 0 radical (unpaired) electrons. The van der Waals surface area contributed by atoms with Crippen LogP contribution in [0.15, 0.2) is 23.1 Å². The molecule has 0 aliphatic carbocycles. The van der Waals surface area contributed by atoms with Gasteiger partial charge in [0.2, 0.25) is 0 Å². The van der Waals surface area contributed by atoms with Crippen LogP contribution in [0.5, 0.6) is 5.75 Å². The Balaban J connectivity index is 2.68.